The van der Waals surface area contributed by atoms with Crippen molar-refractivity contribution in [2.24, 2.45) is 5.41 Å². The van der Waals surface area contributed by atoms with E-state index in [1.54, 1.807) is 0 Å². The number of ether oxygens (including phenoxy) is 1. The average Bonchev–Trinajstić information content (AvgIpc) is 3.00. The van der Waals surface area contributed by atoms with Gasteiger partial charge in [-0.1, -0.05) is 48.7 Å². The smallest absolute Gasteiger partial charge is 0.0893 e. The van der Waals surface area contributed by atoms with Crippen molar-refractivity contribution in [3.05, 3.63) is 47.0 Å². The van der Waals surface area contributed by atoms with Crippen LogP contribution in [0.1, 0.15) is 31.5 Å². The van der Waals surface area contributed by atoms with Gasteiger partial charge in [0.05, 0.1) is 18.4 Å². The molecule has 2 atom stereocenters. The molecule has 0 saturated heterocycles. The molecule has 1 aromatic carbocycles. The third-order valence-electron chi connectivity index (χ3n) is 4.41. The van der Waals surface area contributed by atoms with E-state index in [0.29, 0.717) is 18.8 Å². The van der Waals surface area contributed by atoms with Gasteiger partial charge in [-0.2, -0.15) is 0 Å². The largest absolute Gasteiger partial charge is 0.373 e. The zero-order valence-electron chi connectivity index (χ0n) is 12.5. The van der Waals surface area contributed by atoms with Crippen LogP contribution in [0.2, 0.25) is 0 Å². The Kier molecular flexibility index (Phi) is 4.33. The second-order valence-electron chi connectivity index (χ2n) is 6.17. The first-order valence-electron chi connectivity index (χ1n) is 7.31. The summed E-state index contributed by atoms with van der Waals surface area (Å²) in [6, 6.07) is 10.8. The van der Waals surface area contributed by atoms with Crippen LogP contribution in [0.25, 0.3) is 0 Å². The third-order valence-corrected chi connectivity index (χ3v) is 4.96. The van der Waals surface area contributed by atoms with E-state index in [-0.39, 0.29) is 5.41 Å². The van der Waals surface area contributed by atoms with Gasteiger partial charge in [0.1, 0.15) is 0 Å². The number of hydrogen-bond acceptors (Lipinski definition) is 5. The van der Waals surface area contributed by atoms with Gasteiger partial charge < -0.3 is 10.1 Å². The number of nitrogens with one attached hydrogen (secondary N) is 1. The minimum Gasteiger partial charge on any atom is -0.373 e. The normalized spacial score (nSPS) is 23.7. The van der Waals surface area contributed by atoms with Crippen LogP contribution in [-0.4, -0.2) is 21.7 Å². The summed E-state index contributed by atoms with van der Waals surface area (Å²) in [5.41, 5.74) is 2.40. The van der Waals surface area contributed by atoms with Gasteiger partial charge in [-0.15, -0.1) is 5.10 Å². The van der Waals surface area contributed by atoms with E-state index < -0.39 is 0 Å². The van der Waals surface area contributed by atoms with Crippen LogP contribution in [0.4, 0.5) is 0 Å². The summed E-state index contributed by atoms with van der Waals surface area (Å²) in [4.78, 5) is 0. The molecule has 5 heteroatoms. The molecular weight excluding hydrogens is 282 g/mol. The highest BCUT2D eigenvalue weighted by atomic mass is 32.1. The molecule has 1 heterocycles. The lowest BCUT2D eigenvalue weighted by Crippen LogP contribution is -2.60. The lowest BCUT2D eigenvalue weighted by atomic mass is 9.64. The Balaban J connectivity index is 1.47. The van der Waals surface area contributed by atoms with E-state index in [9.17, 15) is 0 Å². The van der Waals surface area contributed by atoms with Gasteiger partial charge in [-0.3, -0.25) is 0 Å². The maximum atomic E-state index is 6.08. The molecular formula is C16H21N3OS. The van der Waals surface area contributed by atoms with E-state index in [1.165, 1.54) is 17.1 Å². The lowest BCUT2D eigenvalue weighted by Gasteiger charge is -2.52. The minimum absolute atomic E-state index is 0.151. The van der Waals surface area contributed by atoms with Gasteiger partial charge in [0, 0.05) is 23.4 Å². The first kappa shape index (κ1) is 14.6. The Labute approximate surface area is 129 Å². The van der Waals surface area contributed by atoms with E-state index in [2.05, 4.69) is 53.0 Å². The zero-order valence-corrected chi connectivity index (χ0v) is 13.3. The summed E-state index contributed by atoms with van der Waals surface area (Å²) in [5, 5.41) is 9.62. The van der Waals surface area contributed by atoms with Crippen LogP contribution >= 0.6 is 11.5 Å². The molecule has 0 radical (unpaired) electrons. The highest BCUT2D eigenvalue weighted by Crippen LogP contribution is 2.43. The Bertz CT molecular complexity index is 556. The molecule has 0 bridgehead atoms. The minimum atomic E-state index is 0.151. The maximum Gasteiger partial charge on any atom is 0.0893 e. The second-order valence-corrected chi connectivity index (χ2v) is 6.78. The van der Waals surface area contributed by atoms with Crippen LogP contribution in [0, 0.1) is 5.41 Å². The summed E-state index contributed by atoms with van der Waals surface area (Å²) in [5.74, 6) is 0. The fraction of sp³-hybridized carbons (Fsp3) is 0.500. The van der Waals surface area contributed by atoms with Gasteiger partial charge in [-0.25, -0.2) is 0 Å². The molecule has 2 aromatic rings. The molecule has 1 saturated carbocycles. The van der Waals surface area contributed by atoms with E-state index in [1.807, 2.05) is 11.4 Å². The number of nitrogens with zero attached hydrogens (tertiary/aromatic N) is 2. The molecule has 3 rings (SSSR count). The molecule has 1 N–H and O–H groups in total. The summed E-state index contributed by atoms with van der Waals surface area (Å²) in [6.45, 7) is 6.01. The van der Waals surface area contributed by atoms with Crippen molar-refractivity contribution in [3.8, 4) is 0 Å². The highest BCUT2D eigenvalue weighted by Gasteiger charge is 2.48. The van der Waals surface area contributed by atoms with Crippen LogP contribution in [0.5, 0.6) is 0 Å². The molecule has 0 spiro atoms. The van der Waals surface area contributed by atoms with Gasteiger partial charge in [0.2, 0.25) is 0 Å². The SMILES string of the molecule is CC1(C)[C@@H](NCc2csnn2)C[C@@H]1OCc1ccccc1. The maximum absolute atomic E-state index is 6.08. The number of aromatic nitrogens is 2. The molecule has 1 fully saturated rings. The molecule has 21 heavy (non-hydrogen) atoms. The molecule has 0 aliphatic heterocycles. The lowest BCUT2D eigenvalue weighted by molar-refractivity contribution is -0.125. The third kappa shape index (κ3) is 3.31. The quantitative estimate of drug-likeness (QED) is 0.891. The van der Waals surface area contributed by atoms with Crippen molar-refractivity contribution >= 4 is 11.5 Å². The summed E-state index contributed by atoms with van der Waals surface area (Å²) >= 11 is 1.40. The van der Waals surface area contributed by atoms with Crippen molar-refractivity contribution in [1.82, 2.24) is 14.9 Å². The Morgan fingerprint density at radius 1 is 1.33 bits per heavy atom. The van der Waals surface area contributed by atoms with Gasteiger partial charge >= 0.3 is 0 Å². The molecule has 1 aliphatic rings. The van der Waals surface area contributed by atoms with Crippen molar-refractivity contribution < 1.29 is 4.74 Å². The molecule has 1 aliphatic carbocycles. The number of rotatable bonds is 6. The second kappa shape index (κ2) is 6.22. The monoisotopic (exact) mass is 303 g/mol. The van der Waals surface area contributed by atoms with Crippen molar-refractivity contribution in [3.63, 3.8) is 0 Å². The van der Waals surface area contributed by atoms with E-state index in [0.717, 1.165) is 18.7 Å². The van der Waals surface area contributed by atoms with E-state index in [4.69, 9.17) is 4.74 Å². The topological polar surface area (TPSA) is 47.0 Å². The summed E-state index contributed by atoms with van der Waals surface area (Å²) < 4.78 is 9.97. The molecule has 0 amide bonds. The van der Waals surface area contributed by atoms with Gasteiger partial charge in [0.25, 0.3) is 0 Å². The Morgan fingerprint density at radius 2 is 2.14 bits per heavy atom. The summed E-state index contributed by atoms with van der Waals surface area (Å²) in [7, 11) is 0. The van der Waals surface area contributed by atoms with Crippen LogP contribution in [0.3, 0.4) is 0 Å². The van der Waals surface area contributed by atoms with Crippen molar-refractivity contribution in [2.75, 3.05) is 0 Å². The Morgan fingerprint density at radius 3 is 2.81 bits per heavy atom. The molecule has 0 unspecified atom stereocenters. The van der Waals surface area contributed by atoms with Crippen LogP contribution < -0.4 is 5.32 Å². The van der Waals surface area contributed by atoms with Crippen LogP contribution in [-0.2, 0) is 17.9 Å². The predicted molar refractivity (Wildman–Crippen MR) is 84.0 cm³/mol. The fourth-order valence-corrected chi connectivity index (χ4v) is 3.23. The standard InChI is InChI=1S/C16H21N3OS/c1-16(2)14(17-9-13-11-21-19-18-13)8-15(16)20-10-12-6-4-3-5-7-12/h3-7,11,14-15,17H,8-10H2,1-2H3/t14-,15-/m0/s1. The molecule has 1 aromatic heterocycles. The fourth-order valence-electron chi connectivity index (χ4n) is 2.77. The average molecular weight is 303 g/mol. The highest BCUT2D eigenvalue weighted by molar-refractivity contribution is 7.03. The Hall–Kier alpha value is -1.30. The summed E-state index contributed by atoms with van der Waals surface area (Å²) in [6.07, 6.45) is 1.36. The predicted octanol–water partition coefficient (Wildman–Crippen LogP) is 3.01. The molecule has 4 nitrogen and oxygen atoms in total. The van der Waals surface area contributed by atoms with E-state index >= 15 is 0 Å². The van der Waals surface area contributed by atoms with Gasteiger partial charge in [-0.05, 0) is 23.5 Å². The van der Waals surface area contributed by atoms with Crippen LogP contribution in [0.15, 0.2) is 35.7 Å². The van der Waals surface area contributed by atoms with Crippen molar-refractivity contribution in [2.45, 2.75) is 45.6 Å². The van der Waals surface area contributed by atoms with Gasteiger partial charge in [0.15, 0.2) is 0 Å². The number of benzene rings is 1. The van der Waals surface area contributed by atoms with Crippen molar-refractivity contribution in [1.29, 1.82) is 0 Å². The first-order chi connectivity index (χ1) is 10.2. The molecule has 112 valence electrons. The zero-order chi connectivity index (χ0) is 14.7. The first-order valence-corrected chi connectivity index (χ1v) is 8.15. The number of hydrogen-bond donors (Lipinski definition) is 1.